The van der Waals surface area contributed by atoms with Crippen molar-refractivity contribution in [3.63, 3.8) is 0 Å². The van der Waals surface area contributed by atoms with Gasteiger partial charge >= 0.3 is 12.1 Å². The quantitative estimate of drug-likeness (QED) is 0.704. The van der Waals surface area contributed by atoms with Crippen molar-refractivity contribution in [3.05, 3.63) is 0 Å². The summed E-state index contributed by atoms with van der Waals surface area (Å²) >= 11 is 0. The van der Waals surface area contributed by atoms with Crippen molar-refractivity contribution in [2.24, 2.45) is 5.92 Å². The minimum Gasteiger partial charge on any atom is -0.444 e. The molecule has 122 valence electrons. The Morgan fingerprint density at radius 3 is 2.33 bits per heavy atom. The fourth-order valence-electron chi connectivity index (χ4n) is 1.92. The number of amides is 3. The molecule has 0 spiro atoms. The first-order valence-electron chi connectivity index (χ1n) is 7.69. The SMILES string of the molecule is CC(C)C[C@@H](CNC(=O)NC1CC1)NC(=O)OC(C)(C)C. The average Bonchev–Trinajstić information content (AvgIpc) is 3.06. The molecule has 6 nitrogen and oxygen atoms in total. The predicted octanol–water partition coefficient (Wildman–Crippen LogP) is 2.39. The van der Waals surface area contributed by atoms with E-state index in [1.807, 2.05) is 20.8 Å². The maximum atomic E-state index is 11.8. The van der Waals surface area contributed by atoms with E-state index in [2.05, 4.69) is 29.8 Å². The van der Waals surface area contributed by atoms with Crippen LogP contribution < -0.4 is 16.0 Å². The summed E-state index contributed by atoms with van der Waals surface area (Å²) in [5, 5.41) is 8.49. The summed E-state index contributed by atoms with van der Waals surface area (Å²) in [5.41, 5.74) is -0.525. The lowest BCUT2D eigenvalue weighted by Crippen LogP contribution is -2.48. The van der Waals surface area contributed by atoms with Crippen LogP contribution in [0.4, 0.5) is 9.59 Å². The van der Waals surface area contributed by atoms with E-state index in [9.17, 15) is 9.59 Å². The van der Waals surface area contributed by atoms with Crippen molar-refractivity contribution >= 4 is 12.1 Å². The van der Waals surface area contributed by atoms with Crippen LogP contribution in [0.2, 0.25) is 0 Å². The lowest BCUT2D eigenvalue weighted by Gasteiger charge is -2.25. The van der Waals surface area contributed by atoms with Crippen molar-refractivity contribution in [1.82, 2.24) is 16.0 Å². The second-order valence-electron chi connectivity index (χ2n) is 7.10. The number of alkyl carbamates (subject to hydrolysis) is 1. The van der Waals surface area contributed by atoms with E-state index in [4.69, 9.17) is 4.74 Å². The first-order chi connectivity index (χ1) is 9.65. The third-order valence-corrected chi connectivity index (χ3v) is 2.90. The first kappa shape index (κ1) is 17.6. The second-order valence-corrected chi connectivity index (χ2v) is 7.10. The molecule has 0 radical (unpaired) electrons. The van der Waals surface area contributed by atoms with Gasteiger partial charge in [0.25, 0.3) is 0 Å². The summed E-state index contributed by atoms with van der Waals surface area (Å²) in [6.45, 7) is 10.0. The molecule has 0 aromatic heterocycles. The molecule has 0 aromatic rings. The monoisotopic (exact) mass is 299 g/mol. The standard InChI is InChI=1S/C15H29N3O3/c1-10(2)8-12(18-14(20)21-15(3,4)5)9-16-13(19)17-11-6-7-11/h10-12H,6-9H2,1-5H3,(H,18,20)(H2,16,17,19)/t12-/m0/s1. The van der Waals surface area contributed by atoms with Crippen molar-refractivity contribution < 1.29 is 14.3 Å². The van der Waals surface area contributed by atoms with Gasteiger partial charge in [-0.1, -0.05) is 13.8 Å². The Morgan fingerprint density at radius 2 is 1.86 bits per heavy atom. The van der Waals surface area contributed by atoms with Gasteiger partial charge in [0.1, 0.15) is 5.60 Å². The van der Waals surface area contributed by atoms with Gasteiger partial charge in [-0.3, -0.25) is 0 Å². The highest BCUT2D eigenvalue weighted by Crippen LogP contribution is 2.18. The third kappa shape index (κ3) is 9.15. The molecule has 1 aliphatic rings. The smallest absolute Gasteiger partial charge is 0.407 e. The van der Waals surface area contributed by atoms with Crippen molar-refractivity contribution in [3.8, 4) is 0 Å². The molecule has 1 saturated carbocycles. The number of hydrogen-bond donors (Lipinski definition) is 3. The molecular weight excluding hydrogens is 270 g/mol. The van der Waals surface area contributed by atoms with Gasteiger partial charge in [-0.05, 0) is 46.0 Å². The van der Waals surface area contributed by atoms with Crippen LogP contribution in [-0.4, -0.2) is 36.4 Å². The fraction of sp³-hybridized carbons (Fsp3) is 0.867. The molecule has 21 heavy (non-hydrogen) atoms. The Morgan fingerprint density at radius 1 is 1.24 bits per heavy atom. The van der Waals surface area contributed by atoms with Gasteiger partial charge in [0.2, 0.25) is 0 Å². The molecule has 1 aliphatic carbocycles. The minimum absolute atomic E-state index is 0.134. The van der Waals surface area contributed by atoms with Gasteiger partial charge < -0.3 is 20.7 Å². The van der Waals surface area contributed by atoms with Crippen LogP contribution in [-0.2, 0) is 4.74 Å². The molecule has 0 unspecified atom stereocenters. The Hall–Kier alpha value is -1.46. The Labute approximate surface area is 127 Å². The molecule has 3 N–H and O–H groups in total. The highest BCUT2D eigenvalue weighted by molar-refractivity contribution is 5.74. The van der Waals surface area contributed by atoms with Crippen LogP contribution in [0.5, 0.6) is 0 Å². The molecule has 0 aromatic carbocycles. The van der Waals surface area contributed by atoms with Gasteiger partial charge in [-0.2, -0.15) is 0 Å². The molecule has 1 atom stereocenters. The number of ether oxygens (including phenoxy) is 1. The van der Waals surface area contributed by atoms with Gasteiger partial charge in [0, 0.05) is 18.6 Å². The van der Waals surface area contributed by atoms with E-state index in [-0.39, 0.29) is 12.1 Å². The lowest BCUT2D eigenvalue weighted by atomic mass is 10.0. The number of hydrogen-bond acceptors (Lipinski definition) is 3. The van der Waals surface area contributed by atoms with E-state index in [0.29, 0.717) is 18.5 Å². The Kier molecular flexibility index (Phi) is 6.30. The largest absolute Gasteiger partial charge is 0.444 e. The molecule has 3 amide bonds. The lowest BCUT2D eigenvalue weighted by molar-refractivity contribution is 0.0498. The number of carbonyl (C=O) groups is 2. The predicted molar refractivity (Wildman–Crippen MR) is 82.2 cm³/mol. The summed E-state index contributed by atoms with van der Waals surface area (Å²) in [5.74, 6) is 0.415. The molecule has 6 heteroatoms. The van der Waals surface area contributed by atoms with E-state index < -0.39 is 11.7 Å². The highest BCUT2D eigenvalue weighted by atomic mass is 16.6. The number of carbonyl (C=O) groups excluding carboxylic acids is 2. The molecule has 0 heterocycles. The van der Waals surface area contributed by atoms with Gasteiger partial charge in [0.15, 0.2) is 0 Å². The summed E-state index contributed by atoms with van der Waals surface area (Å²) in [6, 6.07) is 0.0226. The highest BCUT2D eigenvalue weighted by Gasteiger charge is 2.24. The van der Waals surface area contributed by atoms with Gasteiger partial charge in [0.05, 0.1) is 0 Å². The van der Waals surface area contributed by atoms with Crippen LogP contribution in [0.1, 0.15) is 53.9 Å². The molecule has 0 aliphatic heterocycles. The summed E-state index contributed by atoms with van der Waals surface area (Å²) in [4.78, 5) is 23.5. The van der Waals surface area contributed by atoms with Crippen LogP contribution >= 0.6 is 0 Å². The molecule has 1 fully saturated rings. The van der Waals surface area contributed by atoms with Crippen molar-refractivity contribution in [2.75, 3.05) is 6.54 Å². The van der Waals surface area contributed by atoms with E-state index in [1.165, 1.54) is 0 Å². The zero-order valence-corrected chi connectivity index (χ0v) is 13.8. The van der Waals surface area contributed by atoms with Crippen LogP contribution in [0.25, 0.3) is 0 Å². The minimum atomic E-state index is -0.525. The zero-order valence-electron chi connectivity index (χ0n) is 13.8. The molecule has 0 bridgehead atoms. The average molecular weight is 299 g/mol. The zero-order chi connectivity index (χ0) is 16.0. The van der Waals surface area contributed by atoms with E-state index >= 15 is 0 Å². The fourth-order valence-corrected chi connectivity index (χ4v) is 1.92. The molecular formula is C15H29N3O3. The van der Waals surface area contributed by atoms with Crippen LogP contribution in [0.15, 0.2) is 0 Å². The summed E-state index contributed by atoms with van der Waals surface area (Å²) in [6.07, 6.45) is 2.44. The first-order valence-corrected chi connectivity index (χ1v) is 7.69. The normalized spacial score (nSPS) is 16.3. The number of nitrogens with one attached hydrogen (secondary N) is 3. The van der Waals surface area contributed by atoms with E-state index in [0.717, 1.165) is 19.3 Å². The summed E-state index contributed by atoms with van der Waals surface area (Å²) < 4.78 is 5.25. The van der Waals surface area contributed by atoms with Crippen molar-refractivity contribution in [2.45, 2.75) is 71.6 Å². The number of urea groups is 1. The van der Waals surface area contributed by atoms with Crippen molar-refractivity contribution in [1.29, 1.82) is 0 Å². The Bertz CT molecular complexity index is 360. The van der Waals surface area contributed by atoms with Gasteiger partial charge in [-0.15, -0.1) is 0 Å². The van der Waals surface area contributed by atoms with Crippen LogP contribution in [0.3, 0.4) is 0 Å². The number of rotatable bonds is 6. The van der Waals surface area contributed by atoms with Gasteiger partial charge in [-0.25, -0.2) is 9.59 Å². The maximum Gasteiger partial charge on any atom is 0.407 e. The maximum absolute atomic E-state index is 11.8. The summed E-state index contributed by atoms with van der Waals surface area (Å²) in [7, 11) is 0. The molecule has 1 rings (SSSR count). The topological polar surface area (TPSA) is 79.5 Å². The second kappa shape index (κ2) is 7.52. The van der Waals surface area contributed by atoms with E-state index in [1.54, 1.807) is 0 Å². The third-order valence-electron chi connectivity index (χ3n) is 2.90. The Balaban J connectivity index is 2.38. The molecule has 0 saturated heterocycles. The van der Waals surface area contributed by atoms with Crippen LogP contribution in [0, 0.1) is 5.92 Å².